The molecule has 1 atom stereocenters. The fraction of sp³-hybridized carbons (Fsp3) is 0.429. The zero-order chi connectivity index (χ0) is 14.3. The van der Waals surface area contributed by atoms with E-state index in [2.05, 4.69) is 16.0 Å². The highest BCUT2D eigenvalue weighted by Crippen LogP contribution is 2.15. The third-order valence-electron chi connectivity index (χ3n) is 2.72. The van der Waals surface area contributed by atoms with Crippen molar-refractivity contribution in [1.29, 1.82) is 0 Å². The first kappa shape index (κ1) is 15.0. The minimum atomic E-state index is -0.242. The number of nitrogens with one attached hydrogen (secondary N) is 3. The summed E-state index contributed by atoms with van der Waals surface area (Å²) in [7, 11) is 0. The summed E-state index contributed by atoms with van der Waals surface area (Å²) in [4.78, 5) is 23.0. The molecule has 104 valence electrons. The van der Waals surface area contributed by atoms with Crippen LogP contribution in [0.1, 0.15) is 33.6 Å². The third-order valence-corrected chi connectivity index (χ3v) is 2.72. The summed E-state index contributed by atoms with van der Waals surface area (Å²) >= 11 is 0. The van der Waals surface area contributed by atoms with Crippen LogP contribution in [-0.4, -0.2) is 18.0 Å². The van der Waals surface area contributed by atoms with E-state index in [1.807, 2.05) is 13.8 Å². The maximum atomic E-state index is 11.7. The van der Waals surface area contributed by atoms with Gasteiger partial charge in [0.2, 0.25) is 5.91 Å². The molecule has 0 spiro atoms. The highest BCUT2D eigenvalue weighted by molar-refractivity contribution is 5.93. The van der Waals surface area contributed by atoms with Crippen LogP contribution in [0.25, 0.3) is 0 Å². The van der Waals surface area contributed by atoms with Crippen molar-refractivity contribution in [2.24, 2.45) is 0 Å². The predicted molar refractivity (Wildman–Crippen MR) is 77.3 cm³/mol. The van der Waals surface area contributed by atoms with Gasteiger partial charge in [-0.05, 0) is 31.5 Å². The van der Waals surface area contributed by atoms with Crippen LogP contribution in [0, 0.1) is 0 Å². The summed E-state index contributed by atoms with van der Waals surface area (Å²) in [6.07, 6.45) is 1.30. The van der Waals surface area contributed by atoms with Gasteiger partial charge in [-0.2, -0.15) is 0 Å². The third kappa shape index (κ3) is 5.42. The molecule has 0 bridgehead atoms. The van der Waals surface area contributed by atoms with Crippen molar-refractivity contribution in [2.75, 3.05) is 10.6 Å². The number of urea groups is 1. The number of amides is 3. The molecule has 0 saturated carbocycles. The lowest BCUT2D eigenvalue weighted by Gasteiger charge is -2.13. The number of hydrogen-bond donors (Lipinski definition) is 3. The fourth-order valence-corrected chi connectivity index (χ4v) is 1.42. The van der Waals surface area contributed by atoms with Gasteiger partial charge in [0.25, 0.3) is 0 Å². The van der Waals surface area contributed by atoms with Gasteiger partial charge >= 0.3 is 6.03 Å². The molecule has 19 heavy (non-hydrogen) atoms. The number of hydrogen-bond acceptors (Lipinski definition) is 2. The Kier molecular flexibility index (Phi) is 5.85. The molecule has 0 radical (unpaired) electrons. The van der Waals surface area contributed by atoms with Gasteiger partial charge in [0.1, 0.15) is 0 Å². The Bertz CT molecular complexity index is 446. The topological polar surface area (TPSA) is 70.2 Å². The van der Waals surface area contributed by atoms with Crippen molar-refractivity contribution >= 4 is 23.3 Å². The first-order chi connectivity index (χ1) is 9.05. The summed E-state index contributed by atoms with van der Waals surface area (Å²) in [5, 5.41) is 8.30. The van der Waals surface area contributed by atoms with Gasteiger partial charge in [0.05, 0.1) is 0 Å². The van der Waals surface area contributed by atoms with Gasteiger partial charge in [-0.1, -0.05) is 19.9 Å². The second-order valence-electron chi connectivity index (χ2n) is 4.39. The molecule has 0 fully saturated rings. The summed E-state index contributed by atoms with van der Waals surface area (Å²) in [6.45, 7) is 5.74. The standard InChI is InChI=1S/C14H21N3O2/c1-4-10(3)15-14(19)17-12-8-6-7-11(9-12)16-13(18)5-2/h6-10H,4-5H2,1-3H3,(H,16,18)(H2,15,17,19)/t10-/m1/s1. The molecule has 1 aromatic carbocycles. The van der Waals surface area contributed by atoms with Gasteiger partial charge in [0.15, 0.2) is 0 Å². The number of carbonyl (C=O) groups is 2. The second kappa shape index (κ2) is 7.41. The molecule has 5 heteroatoms. The largest absolute Gasteiger partial charge is 0.335 e. The Hall–Kier alpha value is -2.04. The molecule has 0 aliphatic rings. The zero-order valence-electron chi connectivity index (χ0n) is 11.6. The molecular weight excluding hydrogens is 242 g/mol. The normalized spacial score (nSPS) is 11.5. The van der Waals surface area contributed by atoms with E-state index in [-0.39, 0.29) is 18.0 Å². The average Bonchev–Trinajstić information content (AvgIpc) is 2.38. The molecule has 3 amide bonds. The molecule has 1 aromatic rings. The zero-order valence-corrected chi connectivity index (χ0v) is 11.6. The minimum Gasteiger partial charge on any atom is -0.335 e. The molecule has 3 N–H and O–H groups in total. The van der Waals surface area contributed by atoms with Crippen LogP contribution in [0.5, 0.6) is 0 Å². The van der Waals surface area contributed by atoms with Crippen LogP contribution in [0.2, 0.25) is 0 Å². The van der Waals surface area contributed by atoms with Crippen molar-refractivity contribution in [3.63, 3.8) is 0 Å². The minimum absolute atomic E-state index is 0.0544. The average molecular weight is 263 g/mol. The van der Waals surface area contributed by atoms with E-state index < -0.39 is 0 Å². The number of anilines is 2. The van der Waals surface area contributed by atoms with Gasteiger partial charge < -0.3 is 16.0 Å². The quantitative estimate of drug-likeness (QED) is 0.764. The van der Waals surface area contributed by atoms with Crippen molar-refractivity contribution < 1.29 is 9.59 Å². The van der Waals surface area contributed by atoms with Crippen molar-refractivity contribution in [2.45, 2.75) is 39.7 Å². The molecule has 0 aromatic heterocycles. The fourth-order valence-electron chi connectivity index (χ4n) is 1.42. The molecule has 1 rings (SSSR count). The number of carbonyl (C=O) groups excluding carboxylic acids is 2. The Morgan fingerprint density at radius 3 is 2.37 bits per heavy atom. The predicted octanol–water partition coefficient (Wildman–Crippen LogP) is 2.96. The van der Waals surface area contributed by atoms with E-state index in [0.29, 0.717) is 17.8 Å². The van der Waals surface area contributed by atoms with Gasteiger partial charge in [-0.25, -0.2) is 4.79 Å². The van der Waals surface area contributed by atoms with Gasteiger partial charge in [-0.15, -0.1) is 0 Å². The molecule has 0 saturated heterocycles. The smallest absolute Gasteiger partial charge is 0.319 e. The van der Waals surface area contributed by atoms with E-state index in [1.54, 1.807) is 31.2 Å². The first-order valence-electron chi connectivity index (χ1n) is 6.52. The van der Waals surface area contributed by atoms with E-state index >= 15 is 0 Å². The van der Waals surface area contributed by atoms with Crippen molar-refractivity contribution in [3.8, 4) is 0 Å². The maximum absolute atomic E-state index is 11.7. The summed E-state index contributed by atoms with van der Waals surface area (Å²) < 4.78 is 0. The van der Waals surface area contributed by atoms with E-state index in [0.717, 1.165) is 6.42 Å². The Balaban J connectivity index is 2.61. The Morgan fingerprint density at radius 2 is 1.79 bits per heavy atom. The van der Waals surface area contributed by atoms with Crippen LogP contribution < -0.4 is 16.0 Å². The highest BCUT2D eigenvalue weighted by Gasteiger charge is 2.06. The first-order valence-corrected chi connectivity index (χ1v) is 6.52. The highest BCUT2D eigenvalue weighted by atomic mass is 16.2. The van der Waals surface area contributed by atoms with Crippen LogP contribution >= 0.6 is 0 Å². The summed E-state index contributed by atoms with van der Waals surface area (Å²) in [5.74, 6) is -0.0544. The number of rotatable bonds is 5. The Morgan fingerprint density at radius 1 is 1.16 bits per heavy atom. The maximum Gasteiger partial charge on any atom is 0.319 e. The lowest BCUT2D eigenvalue weighted by atomic mass is 10.2. The lowest BCUT2D eigenvalue weighted by molar-refractivity contribution is -0.115. The SMILES string of the molecule is CCC(=O)Nc1cccc(NC(=O)N[C@H](C)CC)c1. The van der Waals surface area contributed by atoms with Crippen LogP contribution in [0.4, 0.5) is 16.2 Å². The molecule has 0 aliphatic carbocycles. The molecule has 5 nitrogen and oxygen atoms in total. The van der Waals surface area contributed by atoms with E-state index in [4.69, 9.17) is 0 Å². The van der Waals surface area contributed by atoms with Crippen molar-refractivity contribution in [1.82, 2.24) is 5.32 Å². The summed E-state index contributed by atoms with van der Waals surface area (Å²) in [6, 6.07) is 6.95. The second-order valence-corrected chi connectivity index (χ2v) is 4.39. The molecule has 0 unspecified atom stereocenters. The van der Waals surface area contributed by atoms with Crippen molar-refractivity contribution in [3.05, 3.63) is 24.3 Å². The van der Waals surface area contributed by atoms with Gasteiger partial charge in [-0.3, -0.25) is 4.79 Å². The summed E-state index contributed by atoms with van der Waals surface area (Å²) in [5.41, 5.74) is 1.32. The Labute approximate surface area is 113 Å². The molecule has 0 aliphatic heterocycles. The van der Waals surface area contributed by atoms with Crippen LogP contribution in [-0.2, 0) is 4.79 Å². The van der Waals surface area contributed by atoms with Gasteiger partial charge in [0, 0.05) is 23.8 Å². The van der Waals surface area contributed by atoms with Crippen LogP contribution in [0.3, 0.4) is 0 Å². The monoisotopic (exact) mass is 263 g/mol. The van der Waals surface area contributed by atoms with E-state index in [9.17, 15) is 9.59 Å². The van der Waals surface area contributed by atoms with E-state index in [1.165, 1.54) is 0 Å². The molecule has 0 heterocycles. The van der Waals surface area contributed by atoms with Crippen LogP contribution in [0.15, 0.2) is 24.3 Å². The lowest BCUT2D eigenvalue weighted by Crippen LogP contribution is -2.35. The number of benzene rings is 1. The molecular formula is C14H21N3O2.